The molecule has 0 radical (unpaired) electrons. The largest absolute Gasteiger partial charge is 0.497 e. The van der Waals surface area contributed by atoms with E-state index in [2.05, 4.69) is 10.3 Å². The Kier molecular flexibility index (Phi) is 4.50. The Labute approximate surface area is 118 Å². The van der Waals surface area contributed by atoms with Gasteiger partial charge in [-0.1, -0.05) is 18.2 Å². The normalized spacial score (nSPS) is 10.5. The summed E-state index contributed by atoms with van der Waals surface area (Å²) in [4.78, 5) is 16.0. The topological polar surface area (TPSA) is 51.2 Å². The molecule has 1 N–H and O–H groups in total. The number of benzene rings is 1. The lowest BCUT2D eigenvalue weighted by Gasteiger charge is -2.02. The fourth-order valence-corrected chi connectivity index (χ4v) is 1.67. The fourth-order valence-electron chi connectivity index (χ4n) is 1.67. The Balaban J connectivity index is 1.98. The maximum atomic E-state index is 11.8. The second-order valence-electron chi connectivity index (χ2n) is 4.26. The molecular weight excluding hydrogens is 252 g/mol. The average molecular weight is 268 g/mol. The van der Waals surface area contributed by atoms with Crippen LogP contribution in [0, 0.1) is 6.92 Å². The van der Waals surface area contributed by atoms with Gasteiger partial charge in [0.2, 0.25) is 5.91 Å². The highest BCUT2D eigenvalue weighted by Crippen LogP contribution is 2.12. The molecular formula is C16H16N2O2. The highest BCUT2D eigenvalue weighted by Gasteiger charge is 1.99. The van der Waals surface area contributed by atoms with Crippen LogP contribution < -0.4 is 10.1 Å². The maximum Gasteiger partial charge on any atom is 0.249 e. The van der Waals surface area contributed by atoms with Gasteiger partial charge in [-0.3, -0.25) is 4.79 Å². The summed E-state index contributed by atoms with van der Waals surface area (Å²) in [6.07, 6.45) is 3.22. The number of ether oxygens (including phenoxy) is 1. The first kappa shape index (κ1) is 13.8. The van der Waals surface area contributed by atoms with Crippen molar-refractivity contribution in [3.63, 3.8) is 0 Å². The van der Waals surface area contributed by atoms with E-state index in [1.54, 1.807) is 19.3 Å². The minimum Gasteiger partial charge on any atom is -0.497 e. The van der Waals surface area contributed by atoms with Crippen molar-refractivity contribution in [1.82, 2.24) is 4.98 Å². The zero-order valence-corrected chi connectivity index (χ0v) is 11.5. The monoisotopic (exact) mass is 268 g/mol. The number of nitrogens with zero attached hydrogens (tertiary/aromatic N) is 1. The molecule has 20 heavy (non-hydrogen) atoms. The number of hydrogen-bond acceptors (Lipinski definition) is 3. The smallest absolute Gasteiger partial charge is 0.249 e. The first-order valence-corrected chi connectivity index (χ1v) is 6.24. The Morgan fingerprint density at radius 3 is 2.60 bits per heavy atom. The molecule has 2 aromatic rings. The predicted molar refractivity (Wildman–Crippen MR) is 79.6 cm³/mol. The molecule has 1 heterocycles. The zero-order chi connectivity index (χ0) is 14.4. The highest BCUT2D eigenvalue weighted by molar-refractivity contribution is 6.01. The standard InChI is InChI=1S/C16H16N2O2/c1-12-4-3-5-15(17-12)18-16(19)11-8-13-6-9-14(20-2)10-7-13/h3-11H,1-2H3,(H,17,18,19)/b11-8+. The summed E-state index contributed by atoms with van der Waals surface area (Å²) in [5.74, 6) is 1.13. The van der Waals surface area contributed by atoms with E-state index in [9.17, 15) is 4.79 Å². The number of pyridine rings is 1. The third-order valence-corrected chi connectivity index (χ3v) is 2.68. The SMILES string of the molecule is COc1ccc(/C=C/C(=O)Nc2cccc(C)n2)cc1. The maximum absolute atomic E-state index is 11.8. The number of amides is 1. The average Bonchev–Trinajstić information content (AvgIpc) is 2.46. The minimum absolute atomic E-state index is 0.209. The molecule has 0 aliphatic carbocycles. The van der Waals surface area contributed by atoms with Crippen LogP contribution in [0.4, 0.5) is 5.82 Å². The second-order valence-corrected chi connectivity index (χ2v) is 4.26. The van der Waals surface area contributed by atoms with Crippen molar-refractivity contribution in [1.29, 1.82) is 0 Å². The molecule has 1 aromatic carbocycles. The van der Waals surface area contributed by atoms with E-state index in [1.165, 1.54) is 6.08 Å². The summed E-state index contributed by atoms with van der Waals surface area (Å²) in [5, 5.41) is 2.71. The molecule has 0 saturated heterocycles. The third kappa shape index (κ3) is 3.95. The molecule has 0 unspecified atom stereocenters. The molecule has 1 amide bonds. The molecule has 4 nitrogen and oxygen atoms in total. The van der Waals surface area contributed by atoms with Gasteiger partial charge in [0.05, 0.1) is 7.11 Å². The number of hydrogen-bond donors (Lipinski definition) is 1. The van der Waals surface area contributed by atoms with Crippen LogP contribution in [-0.4, -0.2) is 18.0 Å². The van der Waals surface area contributed by atoms with Crippen LogP contribution in [0.1, 0.15) is 11.3 Å². The van der Waals surface area contributed by atoms with Gasteiger partial charge in [-0.25, -0.2) is 4.98 Å². The lowest BCUT2D eigenvalue weighted by Crippen LogP contribution is -2.09. The Morgan fingerprint density at radius 2 is 1.95 bits per heavy atom. The van der Waals surface area contributed by atoms with Gasteiger partial charge >= 0.3 is 0 Å². The van der Waals surface area contributed by atoms with Crippen molar-refractivity contribution < 1.29 is 9.53 Å². The van der Waals surface area contributed by atoms with Gasteiger partial charge in [0.1, 0.15) is 11.6 Å². The molecule has 2 rings (SSSR count). The lowest BCUT2D eigenvalue weighted by molar-refractivity contribution is -0.111. The van der Waals surface area contributed by atoms with Crippen LogP contribution in [0.3, 0.4) is 0 Å². The van der Waals surface area contributed by atoms with E-state index in [-0.39, 0.29) is 5.91 Å². The summed E-state index contributed by atoms with van der Waals surface area (Å²) in [6, 6.07) is 12.9. The molecule has 0 aliphatic heterocycles. The van der Waals surface area contributed by atoms with Crippen molar-refractivity contribution in [2.24, 2.45) is 0 Å². The molecule has 0 spiro atoms. The van der Waals surface area contributed by atoms with Crippen molar-refractivity contribution in [3.8, 4) is 5.75 Å². The van der Waals surface area contributed by atoms with Crippen LogP contribution in [0.15, 0.2) is 48.5 Å². The van der Waals surface area contributed by atoms with Crippen LogP contribution >= 0.6 is 0 Å². The Hall–Kier alpha value is -2.62. The quantitative estimate of drug-likeness (QED) is 0.867. The number of anilines is 1. The van der Waals surface area contributed by atoms with E-state index in [0.717, 1.165) is 17.0 Å². The Bertz CT molecular complexity index is 619. The van der Waals surface area contributed by atoms with Crippen LogP contribution in [0.2, 0.25) is 0 Å². The van der Waals surface area contributed by atoms with Crippen molar-refractivity contribution in [2.75, 3.05) is 12.4 Å². The van der Waals surface area contributed by atoms with Crippen LogP contribution in [0.5, 0.6) is 5.75 Å². The molecule has 0 bridgehead atoms. The summed E-state index contributed by atoms with van der Waals surface area (Å²) in [7, 11) is 1.62. The number of aryl methyl sites for hydroxylation is 1. The van der Waals surface area contributed by atoms with Crippen molar-refractivity contribution in [2.45, 2.75) is 6.92 Å². The van der Waals surface area contributed by atoms with Crippen molar-refractivity contribution >= 4 is 17.8 Å². The van der Waals surface area contributed by atoms with Gasteiger partial charge in [-0.15, -0.1) is 0 Å². The molecule has 102 valence electrons. The van der Waals surface area contributed by atoms with Gasteiger partial charge in [-0.2, -0.15) is 0 Å². The molecule has 4 heteroatoms. The van der Waals surface area contributed by atoms with Gasteiger partial charge in [-0.05, 0) is 42.8 Å². The minimum atomic E-state index is -0.209. The molecule has 1 aromatic heterocycles. The molecule has 0 atom stereocenters. The zero-order valence-electron chi connectivity index (χ0n) is 11.5. The highest BCUT2D eigenvalue weighted by atomic mass is 16.5. The summed E-state index contributed by atoms with van der Waals surface area (Å²) in [5.41, 5.74) is 1.79. The first-order valence-electron chi connectivity index (χ1n) is 6.24. The van der Waals surface area contributed by atoms with E-state index in [1.807, 2.05) is 43.3 Å². The molecule has 0 saturated carbocycles. The van der Waals surface area contributed by atoms with E-state index < -0.39 is 0 Å². The first-order chi connectivity index (χ1) is 9.67. The summed E-state index contributed by atoms with van der Waals surface area (Å²) < 4.78 is 5.07. The number of rotatable bonds is 4. The van der Waals surface area contributed by atoms with Crippen LogP contribution in [0.25, 0.3) is 6.08 Å². The van der Waals surface area contributed by atoms with E-state index in [4.69, 9.17) is 4.74 Å². The number of aromatic nitrogens is 1. The third-order valence-electron chi connectivity index (χ3n) is 2.68. The fraction of sp³-hybridized carbons (Fsp3) is 0.125. The number of carbonyl (C=O) groups excluding carboxylic acids is 1. The lowest BCUT2D eigenvalue weighted by atomic mass is 10.2. The van der Waals surface area contributed by atoms with Gasteiger partial charge in [0, 0.05) is 11.8 Å². The summed E-state index contributed by atoms with van der Waals surface area (Å²) >= 11 is 0. The number of carbonyl (C=O) groups is 1. The van der Waals surface area contributed by atoms with E-state index >= 15 is 0 Å². The van der Waals surface area contributed by atoms with Gasteiger partial charge in [0.15, 0.2) is 0 Å². The van der Waals surface area contributed by atoms with Gasteiger partial charge < -0.3 is 10.1 Å². The molecule has 0 fully saturated rings. The predicted octanol–water partition coefficient (Wildman–Crippen LogP) is 3.05. The van der Waals surface area contributed by atoms with E-state index in [0.29, 0.717) is 5.82 Å². The van der Waals surface area contributed by atoms with Crippen LogP contribution in [-0.2, 0) is 4.79 Å². The second kappa shape index (κ2) is 6.52. The van der Waals surface area contributed by atoms with Crippen molar-refractivity contribution in [3.05, 3.63) is 59.8 Å². The van der Waals surface area contributed by atoms with Gasteiger partial charge in [0.25, 0.3) is 0 Å². The summed E-state index contributed by atoms with van der Waals surface area (Å²) in [6.45, 7) is 1.88. The Morgan fingerprint density at radius 1 is 1.20 bits per heavy atom. The number of methoxy groups -OCH3 is 1. The number of nitrogens with one attached hydrogen (secondary N) is 1. The molecule has 0 aliphatic rings.